The summed E-state index contributed by atoms with van der Waals surface area (Å²) in [6.45, 7) is 4.52. The minimum absolute atomic E-state index is 0.192. The summed E-state index contributed by atoms with van der Waals surface area (Å²) in [5.41, 5.74) is 0.691. The van der Waals surface area contributed by atoms with Gasteiger partial charge in [-0.2, -0.15) is 13.2 Å². The summed E-state index contributed by atoms with van der Waals surface area (Å²) >= 11 is 2.34. The quantitative estimate of drug-likeness (QED) is 0.641. The van der Waals surface area contributed by atoms with E-state index in [9.17, 15) is 22.8 Å². The van der Waals surface area contributed by atoms with Crippen molar-refractivity contribution in [3.8, 4) is 0 Å². The zero-order valence-corrected chi connectivity index (χ0v) is 14.9. The number of alkyl halides is 3. The molecule has 2 rings (SSSR count). The highest BCUT2D eigenvalue weighted by molar-refractivity contribution is 7.99. The molecule has 0 radical (unpaired) electrons. The number of thioether (sulfide) groups is 1. The SMILES string of the molecule is CCn1c(SCC(=O)NCC(F)(F)F)nc2sc(C)c(C)c2c1=O. The molecule has 0 aliphatic heterocycles. The Balaban J connectivity index is 2.23. The molecule has 0 fully saturated rings. The molecular weight excluding hydrogens is 363 g/mol. The number of hydrogen-bond donors (Lipinski definition) is 1. The van der Waals surface area contributed by atoms with Gasteiger partial charge in [0.1, 0.15) is 11.4 Å². The summed E-state index contributed by atoms with van der Waals surface area (Å²) < 4.78 is 37.7. The molecule has 1 amide bonds. The predicted octanol–water partition coefficient (Wildman–Crippen LogP) is 2.87. The third-order valence-corrected chi connectivity index (χ3v) is 5.47. The first kappa shape index (κ1) is 18.8. The lowest BCUT2D eigenvalue weighted by molar-refractivity contribution is -0.136. The van der Waals surface area contributed by atoms with Crippen LogP contribution in [0.25, 0.3) is 10.2 Å². The van der Waals surface area contributed by atoms with Crippen LogP contribution in [0.1, 0.15) is 17.4 Å². The largest absolute Gasteiger partial charge is 0.405 e. The highest BCUT2D eigenvalue weighted by Crippen LogP contribution is 2.28. The third-order valence-electron chi connectivity index (χ3n) is 3.39. The zero-order chi connectivity index (χ0) is 18.1. The van der Waals surface area contributed by atoms with Gasteiger partial charge >= 0.3 is 6.18 Å². The van der Waals surface area contributed by atoms with E-state index in [2.05, 4.69) is 4.98 Å². The van der Waals surface area contributed by atoms with E-state index in [1.165, 1.54) is 15.9 Å². The number of nitrogens with zero attached hydrogens (tertiary/aromatic N) is 2. The van der Waals surface area contributed by atoms with Crippen LogP contribution < -0.4 is 10.9 Å². The Morgan fingerprint density at radius 2 is 2.04 bits per heavy atom. The van der Waals surface area contributed by atoms with Crippen LogP contribution in [0.15, 0.2) is 9.95 Å². The van der Waals surface area contributed by atoms with Gasteiger partial charge in [0, 0.05) is 11.4 Å². The second-order valence-corrected chi connectivity index (χ2v) is 7.23. The fourth-order valence-corrected chi connectivity index (χ4v) is 4.04. The molecule has 0 saturated heterocycles. The number of carbonyl (C=O) groups is 1. The second-order valence-electron chi connectivity index (χ2n) is 5.09. The van der Waals surface area contributed by atoms with Crippen molar-refractivity contribution in [2.75, 3.05) is 12.3 Å². The molecule has 0 atom stereocenters. The maximum Gasteiger partial charge on any atom is 0.405 e. The molecule has 5 nitrogen and oxygen atoms in total. The number of halogens is 3. The van der Waals surface area contributed by atoms with Crippen LogP contribution >= 0.6 is 23.1 Å². The minimum Gasteiger partial charge on any atom is -0.346 e. The molecule has 24 heavy (non-hydrogen) atoms. The summed E-state index contributed by atoms with van der Waals surface area (Å²) in [5.74, 6) is -0.995. The van der Waals surface area contributed by atoms with E-state index >= 15 is 0 Å². The average Bonchev–Trinajstić information content (AvgIpc) is 2.77. The normalized spacial score (nSPS) is 11.9. The minimum atomic E-state index is -4.45. The first-order valence-electron chi connectivity index (χ1n) is 7.10. The fourth-order valence-electron chi connectivity index (χ4n) is 2.08. The van der Waals surface area contributed by atoms with Gasteiger partial charge in [-0.3, -0.25) is 14.2 Å². The molecule has 0 spiro atoms. The summed E-state index contributed by atoms with van der Waals surface area (Å²) in [6.07, 6.45) is -4.45. The number of rotatable bonds is 5. The van der Waals surface area contributed by atoms with E-state index in [1.807, 2.05) is 13.8 Å². The predicted molar refractivity (Wildman–Crippen MR) is 88.8 cm³/mol. The number of amides is 1. The van der Waals surface area contributed by atoms with Crippen LogP contribution in [0.2, 0.25) is 0 Å². The Bertz CT molecular complexity index is 827. The molecule has 2 aromatic rings. The lowest BCUT2D eigenvalue weighted by Crippen LogP contribution is -2.35. The molecule has 2 heterocycles. The van der Waals surface area contributed by atoms with Gasteiger partial charge < -0.3 is 5.32 Å². The number of hydrogen-bond acceptors (Lipinski definition) is 5. The molecule has 0 aromatic carbocycles. The van der Waals surface area contributed by atoms with E-state index in [0.717, 1.165) is 22.2 Å². The molecule has 0 saturated carbocycles. The van der Waals surface area contributed by atoms with Crippen LogP contribution in [-0.4, -0.2) is 33.9 Å². The standard InChI is InChI=1S/C14H16F3N3O2S2/c1-4-20-12(22)10-7(2)8(3)24-11(10)19-13(20)23-5-9(21)18-6-14(15,16)17/h4-6H2,1-3H3,(H,18,21). The number of aryl methyl sites for hydroxylation is 2. The number of fused-ring (bicyclic) bond motifs is 1. The monoisotopic (exact) mass is 379 g/mol. The van der Waals surface area contributed by atoms with Crippen molar-refractivity contribution >= 4 is 39.2 Å². The maximum absolute atomic E-state index is 12.6. The smallest absolute Gasteiger partial charge is 0.346 e. The summed E-state index contributed by atoms with van der Waals surface area (Å²) in [5, 5.41) is 2.69. The van der Waals surface area contributed by atoms with Gasteiger partial charge in [0.25, 0.3) is 5.56 Å². The average molecular weight is 379 g/mol. The van der Waals surface area contributed by atoms with E-state index in [1.54, 1.807) is 12.2 Å². The molecule has 0 aliphatic carbocycles. The van der Waals surface area contributed by atoms with Crippen molar-refractivity contribution < 1.29 is 18.0 Å². The van der Waals surface area contributed by atoms with Gasteiger partial charge in [-0.25, -0.2) is 4.98 Å². The molecular formula is C14H16F3N3O2S2. The van der Waals surface area contributed by atoms with Gasteiger partial charge in [0.15, 0.2) is 5.16 Å². The fraction of sp³-hybridized carbons (Fsp3) is 0.500. The summed E-state index contributed by atoms with van der Waals surface area (Å²) in [7, 11) is 0. The highest BCUT2D eigenvalue weighted by Gasteiger charge is 2.27. The first-order chi connectivity index (χ1) is 11.1. The van der Waals surface area contributed by atoms with Crippen LogP contribution in [0.3, 0.4) is 0 Å². The van der Waals surface area contributed by atoms with Crippen molar-refractivity contribution in [1.82, 2.24) is 14.9 Å². The topological polar surface area (TPSA) is 64.0 Å². The Morgan fingerprint density at radius 3 is 2.62 bits per heavy atom. The van der Waals surface area contributed by atoms with Crippen molar-refractivity contribution in [2.45, 2.75) is 38.6 Å². The molecule has 2 aromatic heterocycles. The number of carbonyl (C=O) groups excluding carboxylic acids is 1. The lowest BCUT2D eigenvalue weighted by atomic mass is 10.2. The lowest BCUT2D eigenvalue weighted by Gasteiger charge is -2.11. The highest BCUT2D eigenvalue weighted by atomic mass is 32.2. The van der Waals surface area contributed by atoms with Gasteiger partial charge in [-0.1, -0.05) is 11.8 Å². The van der Waals surface area contributed by atoms with Crippen molar-refractivity contribution in [3.63, 3.8) is 0 Å². The molecule has 1 N–H and O–H groups in total. The second kappa shape index (κ2) is 7.14. The van der Waals surface area contributed by atoms with Crippen molar-refractivity contribution in [3.05, 3.63) is 20.8 Å². The van der Waals surface area contributed by atoms with E-state index in [4.69, 9.17) is 0 Å². The molecule has 0 aliphatic rings. The Morgan fingerprint density at radius 1 is 1.38 bits per heavy atom. The number of thiophene rings is 1. The number of nitrogens with one attached hydrogen (secondary N) is 1. The molecule has 0 unspecified atom stereocenters. The summed E-state index contributed by atoms with van der Waals surface area (Å²) in [6, 6.07) is 0. The Kier molecular flexibility index (Phi) is 5.59. The maximum atomic E-state index is 12.6. The third kappa shape index (κ3) is 4.10. The Labute approximate surface area is 144 Å². The van der Waals surface area contributed by atoms with Crippen molar-refractivity contribution in [2.24, 2.45) is 0 Å². The van der Waals surface area contributed by atoms with Crippen LogP contribution in [0, 0.1) is 13.8 Å². The van der Waals surface area contributed by atoms with Gasteiger partial charge in [0.2, 0.25) is 5.91 Å². The van der Waals surface area contributed by atoms with Gasteiger partial charge in [-0.05, 0) is 26.3 Å². The number of aromatic nitrogens is 2. The van der Waals surface area contributed by atoms with Gasteiger partial charge in [-0.15, -0.1) is 11.3 Å². The zero-order valence-electron chi connectivity index (χ0n) is 13.3. The molecule has 10 heteroatoms. The van der Waals surface area contributed by atoms with E-state index in [-0.39, 0.29) is 11.3 Å². The van der Waals surface area contributed by atoms with Gasteiger partial charge in [0.05, 0.1) is 11.1 Å². The van der Waals surface area contributed by atoms with E-state index in [0.29, 0.717) is 21.9 Å². The van der Waals surface area contributed by atoms with E-state index < -0.39 is 18.6 Å². The Hall–Kier alpha value is -1.55. The van der Waals surface area contributed by atoms with Crippen molar-refractivity contribution in [1.29, 1.82) is 0 Å². The van der Waals surface area contributed by atoms with Crippen LogP contribution in [0.4, 0.5) is 13.2 Å². The van der Waals surface area contributed by atoms with Crippen LogP contribution in [0.5, 0.6) is 0 Å². The van der Waals surface area contributed by atoms with Crippen LogP contribution in [-0.2, 0) is 11.3 Å². The summed E-state index contributed by atoms with van der Waals surface area (Å²) in [4.78, 5) is 30.1. The molecule has 132 valence electrons. The first-order valence-corrected chi connectivity index (χ1v) is 8.91. The molecule has 0 bridgehead atoms.